The number of aromatic nitrogens is 1. The highest BCUT2D eigenvalue weighted by atomic mass is 16.5. The number of carbonyl (C=O) groups excluding carboxylic acids is 1. The Morgan fingerprint density at radius 1 is 1.24 bits per heavy atom. The zero-order chi connectivity index (χ0) is 23.4. The van der Waals surface area contributed by atoms with Gasteiger partial charge < -0.3 is 14.2 Å². The molecule has 2 aliphatic heterocycles. The third kappa shape index (κ3) is 5.27. The predicted molar refractivity (Wildman–Crippen MR) is 133 cm³/mol. The fourth-order valence-electron chi connectivity index (χ4n) is 5.28. The van der Waals surface area contributed by atoms with Crippen molar-refractivity contribution >= 4 is 16.8 Å². The molecule has 1 aromatic carbocycles. The van der Waals surface area contributed by atoms with Crippen molar-refractivity contribution in [1.29, 1.82) is 0 Å². The normalized spacial score (nSPS) is 21.2. The van der Waals surface area contributed by atoms with Crippen molar-refractivity contribution in [3.63, 3.8) is 0 Å². The monoisotopic (exact) mass is 450 g/mol. The van der Waals surface area contributed by atoms with Crippen molar-refractivity contribution < 1.29 is 9.53 Å². The Labute approximate surface area is 198 Å². The third-order valence-electron chi connectivity index (χ3n) is 6.95. The first-order valence-electron chi connectivity index (χ1n) is 12.3. The summed E-state index contributed by atoms with van der Waals surface area (Å²) in [5.41, 5.74) is 3.80. The van der Waals surface area contributed by atoms with Gasteiger partial charge in [0.2, 0.25) is 5.91 Å². The standard InChI is InChI=1S/C27H38N4O2/c1-5-6-10-31-19-21-18-24(27(32)30-13-11-29(12-14-30)15-16-33-4)28-23(17-20(2)3)22-8-7-9-25(31)26(21)22/h7-9,19-20,23-24,28H,10-18H2,1-4H3. The molecule has 0 bridgehead atoms. The van der Waals surface area contributed by atoms with Crippen LogP contribution in [0.4, 0.5) is 0 Å². The molecule has 2 unspecified atom stereocenters. The Balaban J connectivity index is 1.60. The minimum Gasteiger partial charge on any atom is -0.383 e. The minimum absolute atomic E-state index is 0.167. The Morgan fingerprint density at radius 3 is 2.73 bits per heavy atom. The SMILES string of the molecule is CC#CCn1cc2c3c(cccc31)C(CC(C)C)NC(C(=O)N1CCN(CCOC)CC1)C2. The summed E-state index contributed by atoms with van der Waals surface area (Å²) in [6, 6.07) is 6.53. The molecular weight excluding hydrogens is 412 g/mol. The van der Waals surface area contributed by atoms with Gasteiger partial charge in [0.1, 0.15) is 0 Å². The number of nitrogens with one attached hydrogen (secondary N) is 1. The molecule has 1 aromatic heterocycles. The van der Waals surface area contributed by atoms with Crippen molar-refractivity contribution in [3.8, 4) is 11.8 Å². The van der Waals surface area contributed by atoms with Crippen molar-refractivity contribution in [2.24, 2.45) is 5.92 Å². The summed E-state index contributed by atoms with van der Waals surface area (Å²) in [7, 11) is 1.74. The van der Waals surface area contributed by atoms with Gasteiger partial charge in [-0.3, -0.25) is 15.0 Å². The molecule has 178 valence electrons. The van der Waals surface area contributed by atoms with Gasteiger partial charge in [-0.15, -0.1) is 5.92 Å². The molecule has 0 aliphatic carbocycles. The highest BCUT2D eigenvalue weighted by molar-refractivity contribution is 5.90. The van der Waals surface area contributed by atoms with Gasteiger partial charge in [-0.25, -0.2) is 0 Å². The predicted octanol–water partition coefficient (Wildman–Crippen LogP) is 3.06. The zero-order valence-electron chi connectivity index (χ0n) is 20.6. The molecule has 6 nitrogen and oxygen atoms in total. The van der Waals surface area contributed by atoms with Gasteiger partial charge in [0, 0.05) is 63.0 Å². The number of carbonyl (C=O) groups is 1. The molecule has 4 rings (SSSR count). The molecule has 6 heteroatoms. The summed E-state index contributed by atoms with van der Waals surface area (Å²) in [5, 5.41) is 5.10. The lowest BCUT2D eigenvalue weighted by Gasteiger charge is -2.37. The van der Waals surface area contributed by atoms with E-state index in [4.69, 9.17) is 4.74 Å². The lowest BCUT2D eigenvalue weighted by atomic mass is 9.94. The van der Waals surface area contributed by atoms with Crippen LogP contribution in [0.5, 0.6) is 0 Å². The fourth-order valence-corrected chi connectivity index (χ4v) is 5.28. The van der Waals surface area contributed by atoms with E-state index in [1.807, 2.05) is 6.92 Å². The van der Waals surface area contributed by atoms with E-state index in [1.165, 1.54) is 22.0 Å². The van der Waals surface area contributed by atoms with Crippen molar-refractivity contribution in [1.82, 2.24) is 19.7 Å². The van der Waals surface area contributed by atoms with Gasteiger partial charge in [0.15, 0.2) is 0 Å². The number of hydrogen-bond donors (Lipinski definition) is 1. The second-order valence-electron chi connectivity index (χ2n) is 9.72. The fraction of sp³-hybridized carbons (Fsp3) is 0.593. The lowest BCUT2D eigenvalue weighted by Crippen LogP contribution is -2.55. The van der Waals surface area contributed by atoms with Gasteiger partial charge >= 0.3 is 0 Å². The number of rotatable bonds is 7. The Bertz CT molecular complexity index is 1020. The second kappa shape index (κ2) is 10.7. The molecule has 0 saturated carbocycles. The van der Waals surface area contributed by atoms with Crippen LogP contribution in [0, 0.1) is 17.8 Å². The molecule has 33 heavy (non-hydrogen) atoms. The molecule has 1 amide bonds. The highest BCUT2D eigenvalue weighted by Crippen LogP contribution is 2.36. The van der Waals surface area contributed by atoms with E-state index >= 15 is 0 Å². The maximum Gasteiger partial charge on any atom is 0.240 e. The van der Waals surface area contributed by atoms with E-state index in [0.717, 1.165) is 52.2 Å². The summed E-state index contributed by atoms with van der Waals surface area (Å²) in [5.74, 6) is 6.99. The van der Waals surface area contributed by atoms with Gasteiger partial charge in [0.05, 0.1) is 19.2 Å². The molecule has 1 N–H and O–H groups in total. The molecule has 2 atom stereocenters. The van der Waals surface area contributed by atoms with Crippen molar-refractivity contribution in [2.45, 2.75) is 52.2 Å². The molecule has 1 saturated heterocycles. The summed E-state index contributed by atoms with van der Waals surface area (Å²) >= 11 is 0. The Kier molecular flexibility index (Phi) is 7.75. The van der Waals surface area contributed by atoms with Gasteiger partial charge in [-0.1, -0.05) is 31.9 Å². The first-order chi connectivity index (χ1) is 16.0. The number of methoxy groups -OCH3 is 1. The molecule has 0 spiro atoms. The van der Waals surface area contributed by atoms with Crippen LogP contribution in [0.15, 0.2) is 24.4 Å². The molecule has 2 aromatic rings. The second-order valence-corrected chi connectivity index (χ2v) is 9.72. The largest absolute Gasteiger partial charge is 0.383 e. The van der Waals surface area contributed by atoms with Crippen LogP contribution < -0.4 is 5.32 Å². The average molecular weight is 451 g/mol. The molecule has 3 heterocycles. The zero-order valence-corrected chi connectivity index (χ0v) is 20.6. The van der Waals surface area contributed by atoms with Crippen LogP contribution in [0.3, 0.4) is 0 Å². The van der Waals surface area contributed by atoms with Crippen LogP contribution in [0.1, 0.15) is 44.4 Å². The molecule has 1 fully saturated rings. The summed E-state index contributed by atoms with van der Waals surface area (Å²) in [6.45, 7) is 12.1. The highest BCUT2D eigenvalue weighted by Gasteiger charge is 2.34. The summed E-state index contributed by atoms with van der Waals surface area (Å²) in [6.07, 6.45) is 3.95. The maximum absolute atomic E-state index is 13.7. The maximum atomic E-state index is 13.7. The van der Waals surface area contributed by atoms with Crippen LogP contribution >= 0.6 is 0 Å². The van der Waals surface area contributed by atoms with Gasteiger partial charge in [-0.2, -0.15) is 0 Å². The van der Waals surface area contributed by atoms with Gasteiger partial charge in [-0.05, 0) is 42.9 Å². The quantitative estimate of drug-likeness (QED) is 0.659. The van der Waals surface area contributed by atoms with E-state index in [2.05, 4.69) is 69.8 Å². The number of hydrogen-bond acceptors (Lipinski definition) is 4. The van der Waals surface area contributed by atoms with E-state index < -0.39 is 0 Å². The smallest absolute Gasteiger partial charge is 0.240 e. The van der Waals surface area contributed by atoms with Crippen LogP contribution in [0.25, 0.3) is 10.9 Å². The van der Waals surface area contributed by atoms with E-state index in [9.17, 15) is 4.79 Å². The van der Waals surface area contributed by atoms with E-state index in [-0.39, 0.29) is 18.0 Å². The van der Waals surface area contributed by atoms with Crippen molar-refractivity contribution in [3.05, 3.63) is 35.5 Å². The third-order valence-corrected chi connectivity index (χ3v) is 6.95. The average Bonchev–Trinajstić information content (AvgIpc) is 3.09. The van der Waals surface area contributed by atoms with E-state index in [0.29, 0.717) is 12.5 Å². The first kappa shape index (κ1) is 23.8. The number of nitrogens with zero attached hydrogens (tertiary/aromatic N) is 3. The number of amides is 1. The van der Waals surface area contributed by atoms with Crippen LogP contribution in [-0.4, -0.2) is 72.8 Å². The number of piperazine rings is 1. The Morgan fingerprint density at radius 2 is 2.03 bits per heavy atom. The molecular formula is C27H38N4O2. The lowest BCUT2D eigenvalue weighted by molar-refractivity contribution is -0.135. The number of ether oxygens (including phenoxy) is 1. The molecule has 2 aliphatic rings. The topological polar surface area (TPSA) is 49.7 Å². The summed E-state index contributed by atoms with van der Waals surface area (Å²) < 4.78 is 7.46. The van der Waals surface area contributed by atoms with Crippen molar-refractivity contribution in [2.75, 3.05) is 46.4 Å². The van der Waals surface area contributed by atoms with Gasteiger partial charge in [0.25, 0.3) is 0 Å². The molecule has 0 radical (unpaired) electrons. The van der Waals surface area contributed by atoms with E-state index in [1.54, 1.807) is 7.11 Å². The number of benzene rings is 1. The Hall–Kier alpha value is -2.33. The summed E-state index contributed by atoms with van der Waals surface area (Å²) in [4.78, 5) is 18.1. The van der Waals surface area contributed by atoms with Crippen LogP contribution in [0.2, 0.25) is 0 Å². The first-order valence-corrected chi connectivity index (χ1v) is 12.3. The van der Waals surface area contributed by atoms with Crippen LogP contribution in [-0.2, 0) is 22.5 Å². The minimum atomic E-state index is -0.206.